The summed E-state index contributed by atoms with van der Waals surface area (Å²) in [4.78, 5) is 4.48. The van der Waals surface area contributed by atoms with Crippen molar-refractivity contribution in [2.24, 2.45) is 0 Å². The molecule has 0 radical (unpaired) electrons. The van der Waals surface area contributed by atoms with Crippen LogP contribution in [0.15, 0.2) is 53.0 Å². The molecule has 0 aliphatic carbocycles. The van der Waals surface area contributed by atoms with Gasteiger partial charge in [-0.05, 0) is 56.6 Å². The van der Waals surface area contributed by atoms with Gasteiger partial charge in [-0.25, -0.2) is 6.92 Å². The summed E-state index contributed by atoms with van der Waals surface area (Å²) >= 11 is 3.62. The van der Waals surface area contributed by atoms with Crippen LogP contribution in [0.25, 0.3) is 22.0 Å². The van der Waals surface area contributed by atoms with Gasteiger partial charge < -0.3 is 0 Å². The zero-order valence-corrected chi connectivity index (χ0v) is 24.8. The predicted molar refractivity (Wildman–Crippen MR) is 88.7 cm³/mol. The number of fused-ring (bicyclic) bond motifs is 1. The number of pyridine rings is 1. The van der Waals surface area contributed by atoms with Gasteiger partial charge in [0, 0.05) is 4.47 Å². The molecule has 3 rings (SSSR count). The van der Waals surface area contributed by atoms with E-state index in [0.29, 0.717) is 0 Å². The maximum atomic E-state index is 4.48. The molecule has 0 unspecified atom stereocenters. The van der Waals surface area contributed by atoms with E-state index in [2.05, 4.69) is 77.2 Å². The number of aryl methyl sites for hydroxylation is 1. The molecule has 0 aliphatic heterocycles. The molecule has 0 spiro atoms. The average Bonchev–Trinajstić information content (AvgIpc) is 2.48. The third kappa shape index (κ3) is 5.15. The van der Waals surface area contributed by atoms with Crippen molar-refractivity contribution in [1.82, 2.24) is 4.98 Å². The average molecular weight is 496 g/mol. The fraction of sp³-hybridized carbons (Fsp3) is 0.111. The number of aromatic nitrogens is 1. The van der Waals surface area contributed by atoms with Crippen LogP contribution in [0.3, 0.4) is 0 Å². The third-order valence-corrected chi connectivity index (χ3v) is 4.10. The largest absolute Gasteiger partial charge is 1.00 e. The Bertz CT molecular complexity index is 770. The molecule has 3 aromatic rings. The Morgan fingerprint density at radius 1 is 0.955 bits per heavy atom. The quantitative estimate of drug-likeness (QED) is 0.433. The Hall–Kier alpha value is 1.81. The number of nitrogens with zero attached hydrogens (tertiary/aromatic N) is 1. The van der Waals surface area contributed by atoms with Gasteiger partial charge in [0.25, 0.3) is 0 Å². The Morgan fingerprint density at radius 3 is 2.27 bits per heavy atom. The standard InChI is InChI=1S/C18H15BrN.2Rb/c1-3-13-5-8-14(9-6-13)16-10-15-7-4-12(2)20-18(15)17(19)11-16;;/h4-11H,2-3H2,1H3;;/q-1;2*+1. The van der Waals surface area contributed by atoms with Gasteiger partial charge in [0.2, 0.25) is 0 Å². The number of benzene rings is 2. The van der Waals surface area contributed by atoms with Gasteiger partial charge in [-0.1, -0.05) is 31.2 Å². The molecule has 2 aromatic carbocycles. The monoisotopic (exact) mass is 494 g/mol. The fourth-order valence-corrected chi connectivity index (χ4v) is 2.90. The second-order valence-corrected chi connectivity index (χ2v) is 5.74. The maximum Gasteiger partial charge on any atom is 1.00 e. The first-order valence-electron chi connectivity index (χ1n) is 6.69. The van der Waals surface area contributed by atoms with Gasteiger partial charge in [0.1, 0.15) is 0 Å². The molecule has 1 heterocycles. The van der Waals surface area contributed by atoms with Crippen LogP contribution in [0.5, 0.6) is 0 Å². The Morgan fingerprint density at radius 2 is 1.64 bits per heavy atom. The molecule has 4 heteroatoms. The Kier molecular flexibility index (Phi) is 10.0. The van der Waals surface area contributed by atoms with E-state index in [-0.39, 0.29) is 116 Å². The summed E-state index contributed by atoms with van der Waals surface area (Å²) in [7, 11) is 0. The number of hydrogen-bond donors (Lipinski definition) is 0. The molecule has 22 heavy (non-hydrogen) atoms. The zero-order valence-electron chi connectivity index (χ0n) is 13.4. The Labute approximate surface area is 238 Å². The Balaban J connectivity index is 0.00000121. The van der Waals surface area contributed by atoms with Crippen molar-refractivity contribution in [2.75, 3.05) is 0 Å². The van der Waals surface area contributed by atoms with Gasteiger partial charge in [0.05, 0.1) is 5.52 Å². The zero-order chi connectivity index (χ0) is 14.1. The van der Waals surface area contributed by atoms with Crippen molar-refractivity contribution >= 4 is 26.8 Å². The molecule has 1 nitrogen and oxygen atoms in total. The van der Waals surface area contributed by atoms with Gasteiger partial charge in [-0.2, -0.15) is 6.07 Å². The summed E-state index contributed by atoms with van der Waals surface area (Å²) in [6, 6.07) is 17.0. The van der Waals surface area contributed by atoms with Crippen LogP contribution in [0.2, 0.25) is 0 Å². The molecule has 0 fully saturated rings. The molecule has 0 atom stereocenters. The van der Waals surface area contributed by atoms with Crippen molar-refractivity contribution in [3.63, 3.8) is 0 Å². The molecule has 0 saturated heterocycles. The van der Waals surface area contributed by atoms with Crippen LogP contribution in [0.4, 0.5) is 0 Å². The van der Waals surface area contributed by atoms with E-state index in [1.165, 1.54) is 16.7 Å². The second kappa shape index (κ2) is 10.1. The molecule has 0 N–H and O–H groups in total. The summed E-state index contributed by atoms with van der Waals surface area (Å²) in [5.41, 5.74) is 5.54. The molecule has 0 bridgehead atoms. The van der Waals surface area contributed by atoms with Crippen LogP contribution in [-0.2, 0) is 6.42 Å². The van der Waals surface area contributed by atoms with Crippen LogP contribution in [-0.4, -0.2) is 4.98 Å². The fourth-order valence-electron chi connectivity index (χ4n) is 2.33. The van der Waals surface area contributed by atoms with Crippen LogP contribution < -0.4 is 116 Å². The van der Waals surface area contributed by atoms with E-state index in [9.17, 15) is 0 Å². The first-order chi connectivity index (χ1) is 9.67. The first-order valence-corrected chi connectivity index (χ1v) is 7.48. The summed E-state index contributed by atoms with van der Waals surface area (Å²) in [5.74, 6) is 0. The van der Waals surface area contributed by atoms with E-state index in [4.69, 9.17) is 0 Å². The third-order valence-electron chi connectivity index (χ3n) is 3.50. The molecule has 1 aromatic heterocycles. The molecule has 0 saturated carbocycles. The SMILES string of the molecule is [CH2-]c1ccc2cc(-c3ccc(CC)cc3)cc(Br)c2n1.[Rb+].[Rb+]. The summed E-state index contributed by atoms with van der Waals surface area (Å²) in [6.07, 6.45) is 1.07. The summed E-state index contributed by atoms with van der Waals surface area (Å²) < 4.78 is 1.01. The molecular weight excluding hydrogens is 481 g/mol. The van der Waals surface area contributed by atoms with E-state index < -0.39 is 0 Å². The van der Waals surface area contributed by atoms with E-state index >= 15 is 0 Å². The number of rotatable bonds is 2. The minimum atomic E-state index is 0. The molecule has 100 valence electrons. The normalized spacial score (nSPS) is 9.91. The van der Waals surface area contributed by atoms with Gasteiger partial charge in [0.15, 0.2) is 0 Å². The minimum absolute atomic E-state index is 0. The smallest absolute Gasteiger partial charge is 0.286 e. The van der Waals surface area contributed by atoms with Gasteiger partial charge >= 0.3 is 116 Å². The van der Waals surface area contributed by atoms with E-state index in [0.717, 1.165) is 27.5 Å². The molecule has 0 amide bonds. The van der Waals surface area contributed by atoms with E-state index in [1.807, 2.05) is 6.07 Å². The molecular formula is C18H15BrNRb2+. The maximum absolute atomic E-state index is 4.48. The summed E-state index contributed by atoms with van der Waals surface area (Å²) in [6.45, 7) is 6.05. The topological polar surface area (TPSA) is 12.9 Å². The van der Waals surface area contributed by atoms with Crippen molar-refractivity contribution in [1.29, 1.82) is 0 Å². The second-order valence-electron chi connectivity index (χ2n) is 4.88. The van der Waals surface area contributed by atoms with Crippen LogP contribution in [0.1, 0.15) is 18.2 Å². The van der Waals surface area contributed by atoms with Crippen molar-refractivity contribution in [3.05, 3.63) is 71.2 Å². The van der Waals surface area contributed by atoms with Crippen molar-refractivity contribution in [3.8, 4) is 11.1 Å². The number of halogens is 1. The predicted octanol–water partition coefficient (Wildman–Crippen LogP) is -0.583. The van der Waals surface area contributed by atoms with Crippen molar-refractivity contribution in [2.45, 2.75) is 13.3 Å². The minimum Gasteiger partial charge on any atom is -0.286 e. The van der Waals surface area contributed by atoms with Crippen molar-refractivity contribution < 1.29 is 116 Å². The summed E-state index contributed by atoms with van der Waals surface area (Å²) in [5, 5.41) is 1.13. The molecule has 0 aliphatic rings. The van der Waals surface area contributed by atoms with Crippen LogP contribution in [0, 0.1) is 6.92 Å². The van der Waals surface area contributed by atoms with Gasteiger partial charge in [-0.15, -0.1) is 11.8 Å². The first kappa shape index (κ1) is 21.9. The number of hydrogen-bond acceptors (Lipinski definition) is 1. The van der Waals surface area contributed by atoms with Crippen LogP contribution >= 0.6 is 15.9 Å². The van der Waals surface area contributed by atoms with E-state index in [1.54, 1.807) is 0 Å². The van der Waals surface area contributed by atoms with Gasteiger partial charge in [-0.3, -0.25) is 4.98 Å².